The number of hydrogen-bond donors (Lipinski definition) is 2. The Balaban J connectivity index is 1.64. The van der Waals surface area contributed by atoms with Crippen LogP contribution in [0.15, 0.2) is 42.5 Å². The van der Waals surface area contributed by atoms with Gasteiger partial charge < -0.3 is 4.74 Å². The van der Waals surface area contributed by atoms with Gasteiger partial charge in [0.25, 0.3) is 11.8 Å². The molecule has 3 aromatic rings. The smallest absolute Gasteiger partial charge is 0.281 e. The Labute approximate surface area is 161 Å². The minimum atomic E-state index is -1.06. The van der Waals surface area contributed by atoms with Gasteiger partial charge in [0, 0.05) is 10.1 Å². The Bertz CT molecular complexity index is 1030. The van der Waals surface area contributed by atoms with E-state index in [0.717, 1.165) is 11.3 Å². The van der Waals surface area contributed by atoms with Crippen LogP contribution in [0, 0.1) is 11.6 Å². The molecule has 9 heteroatoms. The zero-order chi connectivity index (χ0) is 19.6. The number of carbonyl (C=O) groups excluding carboxylic acids is 2. The molecule has 27 heavy (non-hydrogen) atoms. The van der Waals surface area contributed by atoms with E-state index in [1.165, 1.54) is 43.3 Å². The molecule has 0 aliphatic heterocycles. The lowest BCUT2D eigenvalue weighted by atomic mass is 10.2. The summed E-state index contributed by atoms with van der Waals surface area (Å²) in [6, 6.07) is 9.63. The molecule has 3 rings (SSSR count). The second-order valence-corrected chi connectivity index (χ2v) is 6.95. The van der Waals surface area contributed by atoms with Gasteiger partial charge in [0.15, 0.2) is 17.7 Å². The SMILES string of the molecule is C[C@@H](Oc1ccccc1F)C(=O)NNC(=O)c1sc2cc(F)ccc2c1Cl. The molecule has 1 aromatic heterocycles. The summed E-state index contributed by atoms with van der Waals surface area (Å²) in [5, 5.41) is 0.702. The number of hydrazine groups is 1. The van der Waals surface area contributed by atoms with Gasteiger partial charge in [-0.25, -0.2) is 8.78 Å². The van der Waals surface area contributed by atoms with Gasteiger partial charge >= 0.3 is 0 Å². The zero-order valence-corrected chi connectivity index (χ0v) is 15.5. The fourth-order valence-corrected chi connectivity index (χ4v) is 3.68. The number of carbonyl (C=O) groups is 2. The summed E-state index contributed by atoms with van der Waals surface area (Å²) in [5.41, 5.74) is 4.41. The van der Waals surface area contributed by atoms with Crippen LogP contribution in [0.2, 0.25) is 5.02 Å². The molecule has 2 amide bonds. The van der Waals surface area contributed by atoms with Crippen molar-refractivity contribution in [2.75, 3.05) is 0 Å². The zero-order valence-electron chi connectivity index (χ0n) is 13.9. The molecule has 1 atom stereocenters. The summed E-state index contributed by atoms with van der Waals surface area (Å²) < 4.78 is 32.6. The number of fused-ring (bicyclic) bond motifs is 1. The molecule has 0 spiro atoms. The molecule has 1 heterocycles. The standard InChI is InChI=1S/C18H13ClF2N2O3S/c1-9(26-13-5-3-2-4-12(13)21)17(24)22-23-18(25)16-15(19)11-7-6-10(20)8-14(11)27-16/h2-9H,1H3,(H,22,24)(H,23,25)/t9-/m1/s1. The van der Waals surface area contributed by atoms with Crippen LogP contribution in [-0.2, 0) is 4.79 Å². The first-order valence-electron chi connectivity index (χ1n) is 7.75. The van der Waals surface area contributed by atoms with Crippen LogP contribution >= 0.6 is 22.9 Å². The van der Waals surface area contributed by atoms with Crippen LogP contribution in [-0.4, -0.2) is 17.9 Å². The molecule has 0 aliphatic rings. The third kappa shape index (κ3) is 4.17. The van der Waals surface area contributed by atoms with Gasteiger partial charge in [0.05, 0.1) is 5.02 Å². The van der Waals surface area contributed by atoms with Crippen molar-refractivity contribution in [3.63, 3.8) is 0 Å². The highest BCUT2D eigenvalue weighted by Crippen LogP contribution is 2.35. The second kappa shape index (κ2) is 7.89. The maximum atomic E-state index is 13.6. The van der Waals surface area contributed by atoms with Crippen LogP contribution in [0.3, 0.4) is 0 Å². The highest BCUT2D eigenvalue weighted by atomic mass is 35.5. The van der Waals surface area contributed by atoms with E-state index >= 15 is 0 Å². The van der Waals surface area contributed by atoms with E-state index < -0.39 is 29.6 Å². The third-order valence-corrected chi connectivity index (χ3v) is 5.26. The molecule has 0 aliphatic carbocycles. The molecule has 140 valence electrons. The highest BCUT2D eigenvalue weighted by molar-refractivity contribution is 7.21. The first-order valence-corrected chi connectivity index (χ1v) is 8.95. The highest BCUT2D eigenvalue weighted by Gasteiger charge is 2.20. The fraction of sp³-hybridized carbons (Fsp3) is 0.111. The number of benzene rings is 2. The molecule has 0 radical (unpaired) electrons. The normalized spacial score (nSPS) is 11.9. The van der Waals surface area contributed by atoms with E-state index in [1.807, 2.05) is 0 Å². The van der Waals surface area contributed by atoms with Crippen molar-refractivity contribution >= 4 is 44.8 Å². The van der Waals surface area contributed by atoms with E-state index in [9.17, 15) is 18.4 Å². The molecule has 5 nitrogen and oxygen atoms in total. The van der Waals surface area contributed by atoms with Crippen molar-refractivity contribution in [1.82, 2.24) is 10.9 Å². The lowest BCUT2D eigenvalue weighted by Gasteiger charge is -2.15. The summed E-state index contributed by atoms with van der Waals surface area (Å²) in [5.74, 6) is -2.48. The minimum Gasteiger partial charge on any atom is -0.478 e. The molecule has 0 unspecified atom stereocenters. The van der Waals surface area contributed by atoms with E-state index in [-0.39, 0.29) is 15.6 Å². The van der Waals surface area contributed by atoms with Gasteiger partial charge in [0.1, 0.15) is 10.7 Å². The van der Waals surface area contributed by atoms with Crippen LogP contribution < -0.4 is 15.6 Å². The Morgan fingerprint density at radius 1 is 1.15 bits per heavy atom. The maximum Gasteiger partial charge on any atom is 0.281 e. The Hall–Kier alpha value is -2.71. The quantitative estimate of drug-likeness (QED) is 0.637. The molecule has 2 aromatic carbocycles. The number of thiophene rings is 1. The molecule has 0 saturated heterocycles. The van der Waals surface area contributed by atoms with Crippen molar-refractivity contribution in [1.29, 1.82) is 0 Å². The van der Waals surface area contributed by atoms with E-state index in [4.69, 9.17) is 16.3 Å². The number of ether oxygens (including phenoxy) is 1. The number of rotatable bonds is 4. The van der Waals surface area contributed by atoms with E-state index in [0.29, 0.717) is 10.1 Å². The Morgan fingerprint density at radius 2 is 1.89 bits per heavy atom. The van der Waals surface area contributed by atoms with Crippen molar-refractivity contribution in [2.24, 2.45) is 0 Å². The second-order valence-electron chi connectivity index (χ2n) is 5.52. The number of para-hydroxylation sites is 1. The predicted octanol–water partition coefficient (Wildman–Crippen LogP) is 4.06. The average Bonchev–Trinajstić information content (AvgIpc) is 2.97. The average molecular weight is 411 g/mol. The summed E-state index contributed by atoms with van der Waals surface area (Å²) in [4.78, 5) is 24.4. The van der Waals surface area contributed by atoms with Crippen LogP contribution in [0.4, 0.5) is 8.78 Å². The fourth-order valence-electron chi connectivity index (χ4n) is 2.25. The maximum absolute atomic E-state index is 13.6. The third-order valence-electron chi connectivity index (χ3n) is 3.61. The Morgan fingerprint density at radius 3 is 2.63 bits per heavy atom. The lowest BCUT2D eigenvalue weighted by molar-refractivity contribution is -0.128. The number of nitrogens with one attached hydrogen (secondary N) is 2. The largest absolute Gasteiger partial charge is 0.478 e. The first-order chi connectivity index (χ1) is 12.9. The monoisotopic (exact) mass is 410 g/mol. The predicted molar refractivity (Wildman–Crippen MR) is 98.9 cm³/mol. The summed E-state index contributed by atoms with van der Waals surface area (Å²) in [6.07, 6.45) is -1.06. The first kappa shape index (κ1) is 19.1. The molecular weight excluding hydrogens is 398 g/mol. The lowest BCUT2D eigenvalue weighted by Crippen LogP contribution is -2.47. The topological polar surface area (TPSA) is 67.4 Å². The van der Waals surface area contributed by atoms with Gasteiger partial charge in [-0.2, -0.15) is 0 Å². The minimum absolute atomic E-state index is 0.0824. The summed E-state index contributed by atoms with van der Waals surface area (Å²) in [7, 11) is 0. The molecule has 0 saturated carbocycles. The van der Waals surface area contributed by atoms with Crippen molar-refractivity contribution < 1.29 is 23.1 Å². The number of hydrogen-bond acceptors (Lipinski definition) is 4. The van der Waals surface area contributed by atoms with Crippen molar-refractivity contribution in [2.45, 2.75) is 13.0 Å². The van der Waals surface area contributed by atoms with Crippen LogP contribution in [0.1, 0.15) is 16.6 Å². The van der Waals surface area contributed by atoms with E-state index in [2.05, 4.69) is 10.9 Å². The van der Waals surface area contributed by atoms with Gasteiger partial charge in [-0.1, -0.05) is 23.7 Å². The van der Waals surface area contributed by atoms with Crippen LogP contribution in [0.5, 0.6) is 5.75 Å². The van der Waals surface area contributed by atoms with Gasteiger partial charge in [-0.05, 0) is 37.3 Å². The van der Waals surface area contributed by atoms with Crippen molar-refractivity contribution in [3.05, 3.63) is 64.0 Å². The molecule has 2 N–H and O–H groups in total. The van der Waals surface area contributed by atoms with E-state index in [1.54, 1.807) is 6.07 Å². The number of halogens is 3. The van der Waals surface area contributed by atoms with Gasteiger partial charge in [-0.3, -0.25) is 20.4 Å². The molecular formula is C18H13ClF2N2O3S. The van der Waals surface area contributed by atoms with Gasteiger partial charge in [0.2, 0.25) is 0 Å². The Kier molecular flexibility index (Phi) is 5.57. The van der Waals surface area contributed by atoms with Crippen LogP contribution in [0.25, 0.3) is 10.1 Å². The number of amides is 2. The summed E-state index contributed by atoms with van der Waals surface area (Å²) >= 11 is 7.15. The van der Waals surface area contributed by atoms with Gasteiger partial charge in [-0.15, -0.1) is 11.3 Å². The summed E-state index contributed by atoms with van der Waals surface area (Å²) in [6.45, 7) is 1.41. The van der Waals surface area contributed by atoms with Crippen molar-refractivity contribution in [3.8, 4) is 5.75 Å². The molecule has 0 bridgehead atoms. The molecule has 0 fully saturated rings.